The quantitative estimate of drug-likeness (QED) is 0.0351. The van der Waals surface area contributed by atoms with Gasteiger partial charge in [-0.05, 0) is 170 Å². The average Bonchev–Trinajstić information content (AvgIpc) is 1.58. The second-order valence-corrected chi connectivity index (χ2v) is 32.0. The van der Waals surface area contributed by atoms with E-state index in [9.17, 15) is 107 Å². The summed E-state index contributed by atoms with van der Waals surface area (Å²) in [5, 5.41) is 0. The number of aryl methyl sites for hydroxylation is 14. The number of alkyl halides is 9. The normalized spacial score (nSPS) is 17.7. The summed E-state index contributed by atoms with van der Waals surface area (Å²) in [6.45, 7) is -11.8. The van der Waals surface area contributed by atoms with Crippen molar-refractivity contribution in [1.29, 1.82) is 0 Å². The van der Waals surface area contributed by atoms with Crippen LogP contribution in [-0.2, 0) is 144 Å². The number of imidazole rings is 7. The van der Waals surface area contributed by atoms with Crippen molar-refractivity contribution in [1.82, 2.24) is 131 Å². The molecule has 14 aromatic heterocycles. The molecule has 0 aliphatic heterocycles. The zero-order chi connectivity index (χ0) is 137. The highest BCUT2D eigenvalue weighted by Gasteiger charge is 2.26. The highest BCUT2D eigenvalue weighted by atomic mass is 19.3. The molecular formula is C91H131F9N28O14. The Kier molecular flexibility index (Phi) is 24.8. The fourth-order valence-corrected chi connectivity index (χ4v) is 13.9. The highest BCUT2D eigenvalue weighted by molar-refractivity contribution is 5.74. The Morgan fingerprint density at radius 3 is 0.585 bits per heavy atom. The first-order chi connectivity index (χ1) is 80.7. The third-order valence-electron chi connectivity index (χ3n) is 21.1. The van der Waals surface area contributed by atoms with Gasteiger partial charge < -0.3 is 32.0 Å². The molecule has 0 bridgehead atoms. The molecule has 0 fully saturated rings. The van der Waals surface area contributed by atoms with Gasteiger partial charge in [0.15, 0.2) is 78.1 Å². The van der Waals surface area contributed by atoms with E-state index in [2.05, 4.69) is 34.9 Å². The van der Waals surface area contributed by atoms with E-state index >= 15 is 0 Å². The van der Waals surface area contributed by atoms with Gasteiger partial charge in [-0.1, -0.05) is 0 Å². The summed E-state index contributed by atoms with van der Waals surface area (Å²) in [7, 11) is 11.0. The number of hydrogen-bond donors (Lipinski definition) is 0. The van der Waals surface area contributed by atoms with Crippen LogP contribution in [0.5, 0.6) is 0 Å². The molecule has 0 aliphatic rings. The lowest BCUT2D eigenvalue weighted by molar-refractivity contribution is 0.00943. The van der Waals surface area contributed by atoms with E-state index in [1.165, 1.54) is 64.8 Å². The van der Waals surface area contributed by atoms with E-state index < -0.39 is 275 Å². The maximum Gasteiger partial charge on any atom is 0.332 e. The maximum atomic E-state index is 13.2. The van der Waals surface area contributed by atoms with Gasteiger partial charge in [-0.25, -0.2) is 108 Å². The van der Waals surface area contributed by atoms with Gasteiger partial charge in [-0.3, -0.25) is 97.5 Å². The first kappa shape index (κ1) is 71.0. The average molecular weight is 2050 g/mol. The first-order valence-corrected chi connectivity index (χ1v) is 43.4. The van der Waals surface area contributed by atoms with Crippen LogP contribution in [0.25, 0.3) is 78.1 Å². The molecule has 51 heteroatoms. The van der Waals surface area contributed by atoms with Crippen molar-refractivity contribution in [2.24, 2.45) is 98.2 Å². The van der Waals surface area contributed by atoms with E-state index in [1.807, 2.05) is 0 Å². The Labute approximate surface area is 856 Å². The van der Waals surface area contributed by atoms with Crippen molar-refractivity contribution in [2.45, 2.75) is 271 Å². The Morgan fingerprint density at radius 2 is 0.415 bits per heavy atom. The zero-order valence-corrected chi connectivity index (χ0v) is 79.6. The fraction of sp³-hybridized carbons (Fsp3) is 0.615. The van der Waals surface area contributed by atoms with Gasteiger partial charge in [0, 0.05) is 201 Å². The Bertz CT molecular complexity index is 9070. The third kappa shape index (κ3) is 27.6. The molecule has 142 heavy (non-hydrogen) atoms. The lowest BCUT2D eigenvalue weighted by Gasteiger charge is -2.11. The van der Waals surface area contributed by atoms with Crippen molar-refractivity contribution in [3.63, 3.8) is 0 Å². The standard InChI is InChI=1S/2C13H18F2N4O2.5C13H19FN4O2/c2*1-13(14,15)6-4-5-7-19-11(20)9-10(16-8-17(9)2)18(3)12(19)21;5*1-9(14)6-4-5-7-18-12(19)10-11(15-8-16(10)2)17(3)13(18)20/h2*8H,4-7H2,1-3H3;5*8-9H,4-7H2,1-3H3/t;;3*9-;;/m..100../s1/i2D3,6D2,8D;2D3,6D2;2*2D3,6D2,8D;6D2;2D3,6D2,8D;2D3,6D2. The van der Waals surface area contributed by atoms with Gasteiger partial charge >= 0.3 is 39.8 Å². The topological polar surface area (TPSA) is 433 Å². The third-order valence-corrected chi connectivity index (χ3v) is 21.1. The predicted molar refractivity (Wildman–Crippen MR) is 523 cm³/mol. The van der Waals surface area contributed by atoms with E-state index in [-0.39, 0.29) is 161 Å². The van der Waals surface area contributed by atoms with E-state index in [0.29, 0.717) is 57.0 Å². The van der Waals surface area contributed by atoms with Gasteiger partial charge in [0.1, 0.15) is 5.48 Å². The summed E-state index contributed by atoms with van der Waals surface area (Å²) < 4.78 is 406. The predicted octanol–water partition coefficient (Wildman–Crippen LogP) is 7.33. The molecule has 14 aromatic rings. The fourth-order valence-electron chi connectivity index (χ4n) is 13.9. The molecule has 14 rings (SSSR count). The highest BCUT2D eigenvalue weighted by Crippen LogP contribution is 2.22. The van der Waals surface area contributed by atoms with Gasteiger partial charge in [0.2, 0.25) is 11.8 Å². The summed E-state index contributed by atoms with van der Waals surface area (Å²) in [5.74, 6) is -7.18. The van der Waals surface area contributed by atoms with Crippen molar-refractivity contribution < 1.29 is 88.9 Å². The van der Waals surface area contributed by atoms with Crippen LogP contribution in [0.3, 0.4) is 0 Å². The largest absolute Gasteiger partial charge is 0.332 e. The zero-order valence-electron chi connectivity index (χ0n) is 116. The SMILES string of the molecule is [2H]C([2H])(CCCn1c(=O)c2c(ncn2C([2H])([2H])[2H])n(C)c1=O)C(C)F.[2H]C([2H])(CCCn1c(=O)c2c(ncn2C)n(C)c1=O)[C@H](C)F.[2H]C([2H])([2H])n1cnc2c1c(=O)n(CCCC([2H])([2H])C(C)(F)F)c(=O)n2C.[2H]c1nc2c(c(=O)n(CCCC([2H])([2H])C(C)(F)F)c(=O)n2C)n1C([2H])([2H])[2H].[2H]c1nc2c(c(=O)n(CCCC([2H])([2H])C(C)F)c(=O)n2C)n1C([2H])([2H])[2H].[2H]c1nc2c(c(=O)n(CCCC([2H])([2H])[C@@H](C)F)c(=O)n2C)n1C([2H])([2H])[2H].[2H]c1nc2c(c(=O)n(CCCC([2H])([2H])[C@H](C)F)c(=O)n2C)n1C([2H])([2H])[2H]. The number of aromatic nitrogens is 28. The van der Waals surface area contributed by atoms with Crippen molar-refractivity contribution in [3.05, 3.63) is 190 Å². The minimum absolute atomic E-state index is 0.00243. The van der Waals surface area contributed by atoms with Crippen LogP contribution < -0.4 is 78.7 Å². The summed E-state index contributed by atoms with van der Waals surface area (Å²) in [5.41, 5.74) is -13.9. The molecule has 5 atom stereocenters. The molecule has 782 valence electrons. The molecule has 0 amide bonds. The van der Waals surface area contributed by atoms with Gasteiger partial charge in [0.25, 0.3) is 38.9 Å². The van der Waals surface area contributed by atoms with Gasteiger partial charge in [0.05, 0.1) is 75.1 Å². The number of nitrogens with zero attached hydrogens (tertiary/aromatic N) is 28. The number of rotatable bonds is 35. The summed E-state index contributed by atoms with van der Waals surface area (Å²) >= 11 is 0. The van der Waals surface area contributed by atoms with Gasteiger partial charge in [-0.15, -0.1) is 0 Å². The number of halogens is 9. The summed E-state index contributed by atoms with van der Waals surface area (Å²) in [6, 6.07) is 0. The molecule has 14 heterocycles. The van der Waals surface area contributed by atoms with Gasteiger partial charge in [-0.2, -0.15) is 0 Å². The molecule has 0 saturated carbocycles. The molecule has 0 radical (unpaired) electrons. The second kappa shape index (κ2) is 49.7. The summed E-state index contributed by atoms with van der Waals surface area (Å²) in [6.07, 6.45) is -26.1. The number of hydrogen-bond acceptors (Lipinski definition) is 21. The minimum Gasteiger partial charge on any atom is -0.328 e. The van der Waals surface area contributed by atoms with Crippen molar-refractivity contribution in [3.8, 4) is 0 Å². The van der Waals surface area contributed by atoms with Crippen molar-refractivity contribution >= 4 is 78.1 Å². The van der Waals surface area contributed by atoms with E-state index in [0.717, 1.165) is 102 Å². The Hall–Kier alpha value is -13.6. The molecular weight excluding hydrogens is 1880 g/mol. The van der Waals surface area contributed by atoms with Crippen LogP contribution in [0, 0.1) is 0 Å². The van der Waals surface area contributed by atoms with Crippen molar-refractivity contribution in [2.75, 3.05) is 0 Å². The Morgan fingerprint density at radius 1 is 0.261 bits per heavy atom. The van der Waals surface area contributed by atoms with Crippen LogP contribution >= 0.6 is 0 Å². The monoisotopic (exact) mass is 2050 g/mol. The smallest absolute Gasteiger partial charge is 0.328 e. The van der Waals surface area contributed by atoms with Crippen LogP contribution in [0.1, 0.15) is 232 Å². The molecule has 0 aliphatic carbocycles. The molecule has 0 spiro atoms. The number of fused-ring (bicyclic) bond motifs is 7. The lowest BCUT2D eigenvalue weighted by Crippen LogP contribution is -2.39. The maximum absolute atomic E-state index is 13.2. The van der Waals surface area contributed by atoms with E-state index in [4.69, 9.17) is 49.3 Å². The molecule has 2 unspecified atom stereocenters. The molecule has 0 N–H and O–H groups in total. The van der Waals surface area contributed by atoms with Crippen LogP contribution in [-0.4, -0.2) is 174 Å². The van der Waals surface area contributed by atoms with Crippen LogP contribution in [0.4, 0.5) is 39.5 Å². The molecule has 42 nitrogen and oxygen atoms in total. The molecule has 0 saturated heterocycles. The van der Waals surface area contributed by atoms with Crippen LogP contribution in [0.15, 0.2) is 111 Å². The minimum atomic E-state index is -3.60. The lowest BCUT2D eigenvalue weighted by atomic mass is 10.1. The van der Waals surface area contributed by atoms with Crippen LogP contribution in [0.2, 0.25) is 0 Å². The van der Waals surface area contributed by atoms with E-state index in [1.54, 1.807) is 7.05 Å². The summed E-state index contributed by atoms with van der Waals surface area (Å²) in [4.78, 5) is 201. The molecule has 0 aromatic carbocycles. The second-order valence-electron chi connectivity index (χ2n) is 32.0. The first-order valence-electron chi connectivity index (χ1n) is 61.4. The Balaban J connectivity index is 0.000000249.